The molecule has 136 valence electrons. The number of hydrogen-bond acceptors (Lipinski definition) is 3. The van der Waals surface area contributed by atoms with Crippen molar-refractivity contribution in [2.75, 3.05) is 32.8 Å². The molecule has 1 fully saturated rings. The van der Waals surface area contributed by atoms with E-state index < -0.39 is 6.10 Å². The molecule has 0 spiro atoms. The summed E-state index contributed by atoms with van der Waals surface area (Å²) in [6.07, 6.45) is -0.538. The highest BCUT2D eigenvalue weighted by Crippen LogP contribution is 2.31. The molecule has 0 aliphatic carbocycles. The van der Waals surface area contributed by atoms with Crippen molar-refractivity contribution in [2.24, 2.45) is 0 Å². The zero-order valence-corrected chi connectivity index (χ0v) is 15.1. The average Bonchev–Trinajstić information content (AvgIpc) is 2.69. The van der Waals surface area contributed by atoms with Crippen LogP contribution in [-0.2, 0) is 11.3 Å². The number of nitrogens with zero attached hydrogens (tertiary/aromatic N) is 1. The van der Waals surface area contributed by atoms with Crippen LogP contribution in [-0.4, -0.2) is 49.7 Å². The molecule has 1 N–H and O–H groups in total. The molecule has 2 aromatic carbocycles. The smallest absolute Gasteiger partial charge is 0.267 e. The number of carbonyl (C=O) groups is 1. The van der Waals surface area contributed by atoms with Crippen LogP contribution < -0.4 is 14.4 Å². The van der Waals surface area contributed by atoms with Crippen molar-refractivity contribution >= 4 is 5.91 Å². The first-order valence-corrected chi connectivity index (χ1v) is 9.25. The molecule has 0 aromatic heterocycles. The fourth-order valence-corrected chi connectivity index (χ4v) is 3.56. The molecule has 5 heteroatoms. The van der Waals surface area contributed by atoms with Gasteiger partial charge in [-0.25, -0.2) is 0 Å². The number of para-hydroxylation sites is 2. The molecule has 0 saturated carbocycles. The highest BCUT2D eigenvalue weighted by atomic mass is 16.6. The third kappa shape index (κ3) is 3.68. The molecule has 5 nitrogen and oxygen atoms in total. The number of fused-ring (bicyclic) bond motifs is 1. The van der Waals surface area contributed by atoms with Crippen LogP contribution in [0.5, 0.6) is 11.5 Å². The lowest BCUT2D eigenvalue weighted by molar-refractivity contribution is -0.917. The topological polar surface area (TPSA) is 43.2 Å². The first kappa shape index (κ1) is 16.9. The number of benzene rings is 2. The Bertz CT molecular complexity index is 767. The Balaban J connectivity index is 1.30. The summed E-state index contributed by atoms with van der Waals surface area (Å²) in [6, 6.07) is 16.2. The summed E-state index contributed by atoms with van der Waals surface area (Å²) in [5.74, 6) is 1.40. The van der Waals surface area contributed by atoms with Crippen LogP contribution in [0.15, 0.2) is 48.5 Å². The Morgan fingerprint density at radius 2 is 1.77 bits per heavy atom. The van der Waals surface area contributed by atoms with Gasteiger partial charge in [-0.1, -0.05) is 42.0 Å². The quantitative estimate of drug-likeness (QED) is 0.897. The molecule has 26 heavy (non-hydrogen) atoms. The van der Waals surface area contributed by atoms with E-state index in [1.54, 1.807) is 0 Å². The Morgan fingerprint density at radius 3 is 2.50 bits per heavy atom. The highest BCUT2D eigenvalue weighted by Gasteiger charge is 2.33. The van der Waals surface area contributed by atoms with Crippen molar-refractivity contribution in [2.45, 2.75) is 19.6 Å². The molecule has 1 saturated heterocycles. The summed E-state index contributed by atoms with van der Waals surface area (Å²) >= 11 is 0. The second-order valence-corrected chi connectivity index (χ2v) is 7.10. The predicted octanol–water partition coefficient (Wildman–Crippen LogP) is 1.06. The fraction of sp³-hybridized carbons (Fsp3) is 0.381. The lowest BCUT2D eigenvalue weighted by atomic mass is 10.1. The van der Waals surface area contributed by atoms with E-state index in [0.29, 0.717) is 11.5 Å². The van der Waals surface area contributed by atoms with Gasteiger partial charge in [-0.3, -0.25) is 4.79 Å². The van der Waals surface area contributed by atoms with Gasteiger partial charge in [0.1, 0.15) is 13.2 Å². The number of rotatable bonds is 3. The second kappa shape index (κ2) is 7.38. The van der Waals surface area contributed by atoms with E-state index in [1.807, 2.05) is 29.2 Å². The van der Waals surface area contributed by atoms with E-state index in [2.05, 4.69) is 31.2 Å². The van der Waals surface area contributed by atoms with Crippen LogP contribution in [0.4, 0.5) is 0 Å². The molecule has 0 unspecified atom stereocenters. The van der Waals surface area contributed by atoms with E-state index in [1.165, 1.54) is 16.0 Å². The van der Waals surface area contributed by atoms with Gasteiger partial charge in [-0.2, -0.15) is 0 Å². The van der Waals surface area contributed by atoms with Gasteiger partial charge < -0.3 is 19.3 Å². The van der Waals surface area contributed by atoms with Crippen LogP contribution >= 0.6 is 0 Å². The molecule has 1 atom stereocenters. The van der Waals surface area contributed by atoms with Gasteiger partial charge in [0.25, 0.3) is 5.91 Å². The third-order valence-electron chi connectivity index (χ3n) is 5.14. The Labute approximate surface area is 154 Å². The normalized spacial score (nSPS) is 20.0. The van der Waals surface area contributed by atoms with Gasteiger partial charge in [0.15, 0.2) is 11.5 Å². The number of carbonyl (C=O) groups excluding carboxylic acids is 1. The molecular weight excluding hydrogens is 328 g/mol. The van der Waals surface area contributed by atoms with Crippen molar-refractivity contribution in [1.29, 1.82) is 0 Å². The number of nitrogens with one attached hydrogen (secondary N) is 1. The van der Waals surface area contributed by atoms with Crippen LogP contribution in [0.1, 0.15) is 11.1 Å². The molecule has 2 heterocycles. The average molecular weight is 353 g/mol. The summed E-state index contributed by atoms with van der Waals surface area (Å²) in [6.45, 7) is 6.86. The molecule has 2 aromatic rings. The second-order valence-electron chi connectivity index (χ2n) is 7.10. The Hall–Kier alpha value is -2.53. The number of amides is 1. The number of piperazine rings is 1. The standard InChI is InChI=1S/C21H24N2O3/c1-16-6-8-17(9-7-16)14-22-10-12-23(13-11-22)21(24)20-15-25-18-4-2-3-5-19(18)26-20/h2-9,20H,10-15H2,1H3/p+1/t20-/m0/s1. The SMILES string of the molecule is Cc1ccc(C[NH+]2CCN(C(=O)[C@@H]3COc4ccccc4O3)CC2)cc1. The first-order chi connectivity index (χ1) is 12.7. The van der Waals surface area contributed by atoms with E-state index in [0.717, 1.165) is 32.7 Å². The third-order valence-corrected chi connectivity index (χ3v) is 5.14. The van der Waals surface area contributed by atoms with Crippen LogP contribution in [0.25, 0.3) is 0 Å². The van der Waals surface area contributed by atoms with Crippen molar-refractivity contribution in [1.82, 2.24) is 4.90 Å². The zero-order chi connectivity index (χ0) is 17.9. The van der Waals surface area contributed by atoms with Gasteiger partial charge >= 0.3 is 0 Å². The largest absolute Gasteiger partial charge is 0.485 e. The summed E-state index contributed by atoms with van der Waals surface area (Å²) < 4.78 is 11.5. The molecule has 2 aliphatic heterocycles. The van der Waals surface area contributed by atoms with E-state index in [9.17, 15) is 4.79 Å². The van der Waals surface area contributed by atoms with Crippen molar-refractivity contribution in [3.05, 3.63) is 59.7 Å². The Morgan fingerprint density at radius 1 is 1.08 bits per heavy atom. The van der Waals surface area contributed by atoms with Crippen LogP contribution in [0, 0.1) is 6.92 Å². The monoisotopic (exact) mass is 353 g/mol. The Kier molecular flexibility index (Phi) is 4.80. The van der Waals surface area contributed by atoms with E-state index in [4.69, 9.17) is 9.47 Å². The van der Waals surface area contributed by atoms with Crippen LogP contribution in [0.3, 0.4) is 0 Å². The lowest BCUT2D eigenvalue weighted by Crippen LogP contribution is -3.13. The molecule has 0 radical (unpaired) electrons. The van der Waals surface area contributed by atoms with E-state index in [-0.39, 0.29) is 12.5 Å². The number of aryl methyl sites for hydroxylation is 1. The fourth-order valence-electron chi connectivity index (χ4n) is 3.56. The zero-order valence-electron chi connectivity index (χ0n) is 15.1. The summed E-state index contributed by atoms with van der Waals surface area (Å²) in [4.78, 5) is 16.2. The van der Waals surface area contributed by atoms with Crippen molar-refractivity contribution in [3.8, 4) is 11.5 Å². The maximum absolute atomic E-state index is 12.8. The van der Waals surface area contributed by atoms with Crippen molar-refractivity contribution in [3.63, 3.8) is 0 Å². The number of hydrogen-bond donors (Lipinski definition) is 1. The minimum atomic E-state index is -0.538. The van der Waals surface area contributed by atoms with Gasteiger partial charge in [-0.15, -0.1) is 0 Å². The van der Waals surface area contributed by atoms with E-state index >= 15 is 0 Å². The molecule has 1 amide bonds. The highest BCUT2D eigenvalue weighted by molar-refractivity contribution is 5.82. The lowest BCUT2D eigenvalue weighted by Gasteiger charge is -2.35. The maximum Gasteiger partial charge on any atom is 0.267 e. The first-order valence-electron chi connectivity index (χ1n) is 9.25. The minimum Gasteiger partial charge on any atom is -0.485 e. The van der Waals surface area contributed by atoms with Gasteiger partial charge in [0.05, 0.1) is 26.2 Å². The summed E-state index contributed by atoms with van der Waals surface area (Å²) in [7, 11) is 0. The maximum atomic E-state index is 12.8. The number of quaternary nitrogens is 1. The summed E-state index contributed by atoms with van der Waals surface area (Å²) in [5, 5.41) is 0. The number of ether oxygens (including phenoxy) is 2. The predicted molar refractivity (Wildman–Crippen MR) is 98.5 cm³/mol. The van der Waals surface area contributed by atoms with Gasteiger partial charge in [0.2, 0.25) is 6.10 Å². The summed E-state index contributed by atoms with van der Waals surface area (Å²) in [5.41, 5.74) is 2.64. The van der Waals surface area contributed by atoms with Crippen molar-refractivity contribution < 1.29 is 19.2 Å². The van der Waals surface area contributed by atoms with Gasteiger partial charge in [-0.05, 0) is 19.1 Å². The minimum absolute atomic E-state index is 0.0360. The molecule has 4 rings (SSSR count). The van der Waals surface area contributed by atoms with Crippen LogP contribution in [0.2, 0.25) is 0 Å². The molecule has 0 bridgehead atoms. The molecule has 2 aliphatic rings. The van der Waals surface area contributed by atoms with Gasteiger partial charge in [0, 0.05) is 5.56 Å². The molecular formula is C21H25N2O3+.